The van der Waals surface area contributed by atoms with Gasteiger partial charge in [-0.2, -0.15) is 5.26 Å². The van der Waals surface area contributed by atoms with E-state index in [1.807, 2.05) is 6.07 Å². The van der Waals surface area contributed by atoms with Crippen molar-refractivity contribution in [3.63, 3.8) is 0 Å². The van der Waals surface area contributed by atoms with E-state index < -0.39 is 11.4 Å². The molecule has 2 aromatic rings. The lowest BCUT2D eigenvalue weighted by Gasteiger charge is -2.30. The number of nitrogens with two attached hydrogens (primary N) is 1. The van der Waals surface area contributed by atoms with Gasteiger partial charge in [0.1, 0.15) is 16.8 Å². The molecule has 2 aliphatic rings. The Hall–Kier alpha value is -2.49. The zero-order chi connectivity index (χ0) is 19.7. The summed E-state index contributed by atoms with van der Waals surface area (Å²) in [5.41, 5.74) is 5.93. The maximum absolute atomic E-state index is 14.1. The highest BCUT2D eigenvalue weighted by Crippen LogP contribution is 2.34. The summed E-state index contributed by atoms with van der Waals surface area (Å²) in [6, 6.07) is 6.43. The first kappa shape index (κ1) is 18.9. The largest absolute Gasteiger partial charge is 0.373 e. The standard InChI is InChI=1S/C20H19FN4O2S/c21-16-9-13(1-2-14(16)10-22)18-17(3-6-20(26)11-27-12-20)28-19(24-18)25-7-4-15(23)5-8-25/h1-2,9,15,26H,4-5,7-8,11-12,23H2. The molecule has 0 spiro atoms. The highest BCUT2D eigenvalue weighted by atomic mass is 32.1. The van der Waals surface area contributed by atoms with E-state index in [1.165, 1.54) is 23.5 Å². The van der Waals surface area contributed by atoms with Gasteiger partial charge in [-0.3, -0.25) is 0 Å². The number of hydrogen-bond acceptors (Lipinski definition) is 7. The van der Waals surface area contributed by atoms with Crippen LogP contribution in [0.1, 0.15) is 23.3 Å². The Bertz CT molecular complexity index is 992. The molecule has 2 fully saturated rings. The molecule has 0 unspecified atom stereocenters. The number of rotatable bonds is 2. The number of halogens is 1. The van der Waals surface area contributed by atoms with E-state index in [1.54, 1.807) is 6.07 Å². The van der Waals surface area contributed by atoms with Crippen molar-refractivity contribution in [3.05, 3.63) is 34.5 Å². The molecule has 0 amide bonds. The van der Waals surface area contributed by atoms with Crippen LogP contribution in [0.3, 0.4) is 0 Å². The van der Waals surface area contributed by atoms with Gasteiger partial charge >= 0.3 is 0 Å². The lowest BCUT2D eigenvalue weighted by Crippen LogP contribution is -2.48. The van der Waals surface area contributed by atoms with Crippen LogP contribution in [0.2, 0.25) is 0 Å². The second-order valence-corrected chi connectivity index (χ2v) is 8.06. The Balaban J connectivity index is 1.72. The highest BCUT2D eigenvalue weighted by molar-refractivity contribution is 7.16. The van der Waals surface area contributed by atoms with Gasteiger partial charge in [0.05, 0.1) is 24.5 Å². The van der Waals surface area contributed by atoms with Crippen LogP contribution < -0.4 is 10.6 Å². The maximum Gasteiger partial charge on any atom is 0.187 e. The number of nitriles is 1. The van der Waals surface area contributed by atoms with Crippen LogP contribution in [0.25, 0.3) is 11.3 Å². The third kappa shape index (κ3) is 3.73. The molecule has 4 rings (SSSR count). The van der Waals surface area contributed by atoms with Gasteiger partial charge < -0.3 is 20.5 Å². The van der Waals surface area contributed by atoms with Gasteiger partial charge in [0.15, 0.2) is 10.7 Å². The van der Waals surface area contributed by atoms with E-state index >= 15 is 0 Å². The third-order valence-corrected chi connectivity index (χ3v) is 5.91. The highest BCUT2D eigenvalue weighted by Gasteiger charge is 2.34. The number of hydrogen-bond donors (Lipinski definition) is 2. The summed E-state index contributed by atoms with van der Waals surface area (Å²) in [5, 5.41) is 19.9. The van der Waals surface area contributed by atoms with Gasteiger partial charge in [0.25, 0.3) is 0 Å². The fraction of sp³-hybridized carbons (Fsp3) is 0.400. The minimum Gasteiger partial charge on any atom is -0.373 e. The van der Waals surface area contributed by atoms with Crippen LogP contribution in [0.4, 0.5) is 9.52 Å². The summed E-state index contributed by atoms with van der Waals surface area (Å²) in [6.07, 6.45) is 1.77. The maximum atomic E-state index is 14.1. The predicted octanol–water partition coefficient (Wildman–Crippen LogP) is 1.86. The second-order valence-electron chi connectivity index (χ2n) is 7.08. The van der Waals surface area contributed by atoms with Crippen LogP contribution in [-0.2, 0) is 4.74 Å². The molecule has 0 radical (unpaired) electrons. The molecule has 28 heavy (non-hydrogen) atoms. The van der Waals surface area contributed by atoms with E-state index in [0.717, 1.165) is 31.1 Å². The molecule has 2 aliphatic heterocycles. The van der Waals surface area contributed by atoms with Crippen LogP contribution >= 0.6 is 11.3 Å². The Morgan fingerprint density at radius 3 is 2.71 bits per heavy atom. The van der Waals surface area contributed by atoms with Gasteiger partial charge in [0.2, 0.25) is 0 Å². The minimum atomic E-state index is -1.14. The predicted molar refractivity (Wildman–Crippen MR) is 104 cm³/mol. The number of piperidine rings is 1. The summed E-state index contributed by atoms with van der Waals surface area (Å²) < 4.78 is 19.2. The second kappa shape index (κ2) is 7.50. The van der Waals surface area contributed by atoms with Crippen molar-refractivity contribution in [2.24, 2.45) is 5.73 Å². The minimum absolute atomic E-state index is 0.0159. The number of aromatic nitrogens is 1. The summed E-state index contributed by atoms with van der Waals surface area (Å²) in [5.74, 6) is 5.26. The van der Waals surface area contributed by atoms with Crippen molar-refractivity contribution >= 4 is 16.5 Å². The smallest absolute Gasteiger partial charge is 0.187 e. The molecule has 0 atom stereocenters. The van der Waals surface area contributed by atoms with Crippen molar-refractivity contribution in [2.45, 2.75) is 24.5 Å². The molecule has 2 saturated heterocycles. The van der Waals surface area contributed by atoms with E-state index in [2.05, 4.69) is 16.7 Å². The van der Waals surface area contributed by atoms with Crippen molar-refractivity contribution in [1.29, 1.82) is 5.26 Å². The molecule has 6 nitrogen and oxygen atoms in total. The zero-order valence-corrected chi connectivity index (χ0v) is 15.9. The molecule has 1 aromatic carbocycles. The fourth-order valence-corrected chi connectivity index (χ4v) is 4.10. The van der Waals surface area contributed by atoms with Crippen LogP contribution in [-0.4, -0.2) is 48.0 Å². The van der Waals surface area contributed by atoms with Gasteiger partial charge in [-0.15, -0.1) is 0 Å². The number of benzene rings is 1. The molecule has 0 aliphatic carbocycles. The van der Waals surface area contributed by atoms with Crippen molar-refractivity contribution < 1.29 is 14.2 Å². The molecule has 8 heteroatoms. The lowest BCUT2D eigenvalue weighted by atomic mass is 10.0. The Morgan fingerprint density at radius 2 is 2.11 bits per heavy atom. The summed E-state index contributed by atoms with van der Waals surface area (Å²) >= 11 is 1.41. The average molecular weight is 398 g/mol. The van der Waals surface area contributed by atoms with E-state index in [9.17, 15) is 9.50 Å². The quantitative estimate of drug-likeness (QED) is 0.750. The SMILES string of the molecule is N#Cc1ccc(-c2nc(N3CCC(N)CC3)sc2C#CC2(O)COC2)cc1F. The van der Waals surface area contributed by atoms with Gasteiger partial charge in [-0.05, 0) is 25.0 Å². The fourth-order valence-electron chi connectivity index (χ4n) is 3.11. The van der Waals surface area contributed by atoms with E-state index in [0.29, 0.717) is 16.1 Å². The van der Waals surface area contributed by atoms with Crippen LogP contribution in [0, 0.1) is 29.0 Å². The molecule has 0 bridgehead atoms. The molecule has 1 aromatic heterocycles. The molecular formula is C20H19FN4O2S. The molecule has 3 N–H and O–H groups in total. The van der Waals surface area contributed by atoms with Crippen LogP contribution in [0.15, 0.2) is 18.2 Å². The number of nitrogens with zero attached hydrogens (tertiary/aromatic N) is 3. The van der Waals surface area contributed by atoms with E-state index in [-0.39, 0.29) is 24.8 Å². The summed E-state index contributed by atoms with van der Waals surface area (Å²) in [6.45, 7) is 1.97. The monoisotopic (exact) mass is 398 g/mol. The normalized spacial score (nSPS) is 18.7. The Kier molecular flexibility index (Phi) is 5.05. The first-order valence-electron chi connectivity index (χ1n) is 9.02. The third-order valence-electron chi connectivity index (χ3n) is 4.88. The van der Waals surface area contributed by atoms with E-state index in [4.69, 9.17) is 20.7 Å². The zero-order valence-electron chi connectivity index (χ0n) is 15.1. The summed E-state index contributed by atoms with van der Waals surface area (Å²) in [4.78, 5) is 7.51. The number of thiazole rings is 1. The lowest BCUT2D eigenvalue weighted by molar-refractivity contribution is -0.140. The Morgan fingerprint density at radius 1 is 1.36 bits per heavy atom. The molecular weight excluding hydrogens is 379 g/mol. The van der Waals surface area contributed by atoms with Crippen molar-refractivity contribution in [2.75, 3.05) is 31.2 Å². The number of aliphatic hydroxyl groups is 1. The van der Waals surface area contributed by atoms with Gasteiger partial charge in [0, 0.05) is 24.7 Å². The Labute approximate surface area is 166 Å². The first-order valence-corrected chi connectivity index (χ1v) is 9.84. The average Bonchev–Trinajstić information content (AvgIpc) is 3.09. The van der Waals surface area contributed by atoms with Gasteiger partial charge in [-0.1, -0.05) is 29.2 Å². The van der Waals surface area contributed by atoms with Crippen LogP contribution in [0.5, 0.6) is 0 Å². The summed E-state index contributed by atoms with van der Waals surface area (Å²) in [7, 11) is 0. The number of anilines is 1. The molecule has 3 heterocycles. The topological polar surface area (TPSA) is 95.4 Å². The first-order chi connectivity index (χ1) is 13.5. The molecule has 0 saturated carbocycles. The van der Waals surface area contributed by atoms with Crippen molar-refractivity contribution in [3.8, 4) is 29.2 Å². The number of ether oxygens (including phenoxy) is 1. The van der Waals surface area contributed by atoms with Gasteiger partial charge in [-0.25, -0.2) is 9.37 Å². The molecule has 144 valence electrons. The van der Waals surface area contributed by atoms with Crippen molar-refractivity contribution in [1.82, 2.24) is 4.98 Å².